The molecule has 0 saturated heterocycles. The van der Waals surface area contributed by atoms with E-state index >= 15 is 0 Å². The average Bonchev–Trinajstić information content (AvgIpc) is 2.64. The van der Waals surface area contributed by atoms with E-state index in [2.05, 4.69) is 27.9 Å². The molecule has 0 radical (unpaired) electrons. The summed E-state index contributed by atoms with van der Waals surface area (Å²) in [7, 11) is 2.01. The first kappa shape index (κ1) is 11.3. The summed E-state index contributed by atoms with van der Waals surface area (Å²) in [5, 5.41) is 3.36. The summed E-state index contributed by atoms with van der Waals surface area (Å²) < 4.78 is 2.06. The van der Waals surface area contributed by atoms with E-state index in [1.165, 1.54) is 0 Å². The molecule has 0 bridgehead atoms. The number of nitrogens with zero attached hydrogens (tertiary/aromatic N) is 2. The molecule has 0 aliphatic heterocycles. The highest BCUT2D eigenvalue weighted by Gasteiger charge is 2.10. The molecule has 1 aromatic carbocycles. The highest BCUT2D eigenvalue weighted by atomic mass is 35.5. The molecule has 16 heavy (non-hydrogen) atoms. The Kier molecular flexibility index (Phi) is 3.34. The van der Waals surface area contributed by atoms with Gasteiger partial charge in [-0.15, -0.1) is 11.6 Å². The van der Waals surface area contributed by atoms with Crippen molar-refractivity contribution in [1.82, 2.24) is 9.55 Å². The third-order valence-electron chi connectivity index (χ3n) is 2.80. The Balaban J connectivity index is 2.34. The van der Waals surface area contributed by atoms with Crippen molar-refractivity contribution in [3.05, 3.63) is 24.3 Å². The van der Waals surface area contributed by atoms with E-state index < -0.39 is 0 Å². The molecule has 0 aliphatic carbocycles. The zero-order valence-electron chi connectivity index (χ0n) is 9.57. The molecule has 1 N–H and O–H groups in total. The predicted octanol–water partition coefficient (Wildman–Crippen LogP) is 3.00. The summed E-state index contributed by atoms with van der Waals surface area (Å²) in [6.07, 6.45) is 0.993. The maximum absolute atomic E-state index is 5.87. The standard InChI is InChI=1S/C12H16ClN3/c1-3-9(8-13)14-12-15-10-6-4-5-7-11(10)16(12)2/h4-7,9H,3,8H2,1-2H3,(H,14,15). The Morgan fingerprint density at radius 2 is 2.19 bits per heavy atom. The first-order valence-electron chi connectivity index (χ1n) is 5.50. The summed E-state index contributed by atoms with van der Waals surface area (Å²) in [4.78, 5) is 4.54. The minimum Gasteiger partial charge on any atom is -0.352 e. The normalized spacial score (nSPS) is 12.9. The highest BCUT2D eigenvalue weighted by Crippen LogP contribution is 2.18. The average molecular weight is 238 g/mol. The van der Waals surface area contributed by atoms with Gasteiger partial charge in [0.2, 0.25) is 5.95 Å². The van der Waals surface area contributed by atoms with Crippen LogP contribution in [-0.4, -0.2) is 21.5 Å². The van der Waals surface area contributed by atoms with Crippen molar-refractivity contribution < 1.29 is 0 Å². The lowest BCUT2D eigenvalue weighted by Gasteiger charge is -2.14. The highest BCUT2D eigenvalue weighted by molar-refractivity contribution is 6.18. The van der Waals surface area contributed by atoms with Crippen molar-refractivity contribution in [2.24, 2.45) is 7.05 Å². The first-order chi connectivity index (χ1) is 7.76. The predicted molar refractivity (Wildman–Crippen MR) is 69.1 cm³/mol. The molecule has 3 nitrogen and oxygen atoms in total. The number of rotatable bonds is 4. The third-order valence-corrected chi connectivity index (χ3v) is 3.17. The van der Waals surface area contributed by atoms with Crippen LogP contribution in [0.5, 0.6) is 0 Å². The largest absolute Gasteiger partial charge is 0.352 e. The number of anilines is 1. The van der Waals surface area contributed by atoms with Crippen molar-refractivity contribution >= 4 is 28.6 Å². The van der Waals surface area contributed by atoms with Gasteiger partial charge in [0.05, 0.1) is 11.0 Å². The van der Waals surface area contributed by atoms with Crippen LogP contribution in [0.4, 0.5) is 5.95 Å². The minimum atomic E-state index is 0.275. The number of halogens is 1. The van der Waals surface area contributed by atoms with Gasteiger partial charge in [-0.3, -0.25) is 0 Å². The number of hydrogen-bond acceptors (Lipinski definition) is 2. The fraction of sp³-hybridized carbons (Fsp3) is 0.417. The number of hydrogen-bond donors (Lipinski definition) is 1. The van der Waals surface area contributed by atoms with Gasteiger partial charge in [0.15, 0.2) is 0 Å². The van der Waals surface area contributed by atoms with Crippen molar-refractivity contribution in [2.45, 2.75) is 19.4 Å². The van der Waals surface area contributed by atoms with Crippen molar-refractivity contribution in [1.29, 1.82) is 0 Å². The van der Waals surface area contributed by atoms with Crippen LogP contribution < -0.4 is 5.32 Å². The fourth-order valence-electron chi connectivity index (χ4n) is 1.71. The van der Waals surface area contributed by atoms with Gasteiger partial charge < -0.3 is 9.88 Å². The SMILES string of the molecule is CCC(CCl)Nc1nc2ccccc2n1C. The van der Waals surface area contributed by atoms with Crippen LogP contribution in [0.1, 0.15) is 13.3 Å². The summed E-state index contributed by atoms with van der Waals surface area (Å²) in [6.45, 7) is 2.11. The molecule has 0 saturated carbocycles. The molecule has 0 spiro atoms. The van der Waals surface area contributed by atoms with Gasteiger partial charge in [-0.05, 0) is 18.6 Å². The van der Waals surface area contributed by atoms with E-state index in [9.17, 15) is 0 Å². The Labute approximate surface area is 100 Å². The van der Waals surface area contributed by atoms with Gasteiger partial charge in [-0.1, -0.05) is 19.1 Å². The van der Waals surface area contributed by atoms with Crippen molar-refractivity contribution in [3.63, 3.8) is 0 Å². The minimum absolute atomic E-state index is 0.275. The fourth-order valence-corrected chi connectivity index (χ4v) is 2.00. The number of nitrogens with one attached hydrogen (secondary N) is 1. The van der Waals surface area contributed by atoms with Gasteiger partial charge in [0.1, 0.15) is 0 Å². The number of benzene rings is 1. The zero-order chi connectivity index (χ0) is 11.5. The van der Waals surface area contributed by atoms with Gasteiger partial charge in [0.25, 0.3) is 0 Å². The van der Waals surface area contributed by atoms with Gasteiger partial charge >= 0.3 is 0 Å². The molecule has 4 heteroatoms. The van der Waals surface area contributed by atoms with E-state index in [0.29, 0.717) is 5.88 Å². The molecule has 0 fully saturated rings. The van der Waals surface area contributed by atoms with Crippen molar-refractivity contribution in [3.8, 4) is 0 Å². The van der Waals surface area contributed by atoms with Crippen molar-refractivity contribution in [2.75, 3.05) is 11.2 Å². The summed E-state index contributed by atoms with van der Waals surface area (Å²) in [6, 6.07) is 8.37. The molecule has 1 atom stereocenters. The Bertz CT molecular complexity index is 474. The van der Waals surface area contributed by atoms with Crippen LogP contribution in [0, 0.1) is 0 Å². The number of fused-ring (bicyclic) bond motifs is 1. The molecule has 86 valence electrons. The van der Waals surface area contributed by atoms with E-state index in [4.69, 9.17) is 11.6 Å². The Morgan fingerprint density at radius 3 is 2.81 bits per heavy atom. The number of aryl methyl sites for hydroxylation is 1. The maximum Gasteiger partial charge on any atom is 0.203 e. The van der Waals surface area contributed by atoms with E-state index in [1.54, 1.807) is 0 Å². The van der Waals surface area contributed by atoms with Gasteiger partial charge in [0, 0.05) is 19.0 Å². The first-order valence-corrected chi connectivity index (χ1v) is 6.03. The molecule has 1 unspecified atom stereocenters. The monoisotopic (exact) mass is 237 g/mol. The number of imidazole rings is 1. The van der Waals surface area contributed by atoms with Crippen LogP contribution >= 0.6 is 11.6 Å². The topological polar surface area (TPSA) is 29.9 Å². The molecule has 0 amide bonds. The summed E-state index contributed by atoms with van der Waals surface area (Å²) in [5.41, 5.74) is 2.14. The smallest absolute Gasteiger partial charge is 0.203 e. The van der Waals surface area contributed by atoms with Crippen LogP contribution in [0.25, 0.3) is 11.0 Å². The quantitative estimate of drug-likeness (QED) is 0.829. The summed E-state index contributed by atoms with van der Waals surface area (Å²) in [5.74, 6) is 1.48. The molecular weight excluding hydrogens is 222 g/mol. The van der Waals surface area contributed by atoms with Crippen LogP contribution in [0.3, 0.4) is 0 Å². The second-order valence-corrected chi connectivity index (χ2v) is 4.20. The number of aromatic nitrogens is 2. The zero-order valence-corrected chi connectivity index (χ0v) is 10.3. The Hall–Kier alpha value is -1.22. The lowest BCUT2D eigenvalue weighted by Crippen LogP contribution is -2.22. The van der Waals surface area contributed by atoms with Crippen LogP contribution in [0.2, 0.25) is 0 Å². The van der Waals surface area contributed by atoms with Gasteiger partial charge in [-0.2, -0.15) is 0 Å². The second-order valence-electron chi connectivity index (χ2n) is 3.89. The lowest BCUT2D eigenvalue weighted by atomic mass is 10.3. The molecule has 1 heterocycles. The summed E-state index contributed by atoms with van der Waals surface area (Å²) >= 11 is 5.87. The van der Waals surface area contributed by atoms with Crippen LogP contribution in [-0.2, 0) is 7.05 Å². The number of para-hydroxylation sites is 2. The molecule has 1 aromatic heterocycles. The third kappa shape index (κ3) is 2.00. The molecule has 0 aliphatic rings. The second kappa shape index (κ2) is 4.74. The lowest BCUT2D eigenvalue weighted by molar-refractivity contribution is 0.749. The molecular formula is C12H16ClN3. The molecule has 2 aromatic rings. The Morgan fingerprint density at radius 1 is 1.44 bits per heavy atom. The van der Waals surface area contributed by atoms with E-state index in [-0.39, 0.29) is 6.04 Å². The van der Waals surface area contributed by atoms with Gasteiger partial charge in [-0.25, -0.2) is 4.98 Å². The van der Waals surface area contributed by atoms with E-state index in [0.717, 1.165) is 23.4 Å². The molecule has 2 rings (SSSR count). The van der Waals surface area contributed by atoms with Crippen LogP contribution in [0.15, 0.2) is 24.3 Å². The van der Waals surface area contributed by atoms with E-state index in [1.807, 2.05) is 25.2 Å². The number of alkyl halides is 1. The maximum atomic E-state index is 5.87.